The Hall–Kier alpha value is -1.66. The standard InChI is InChI=1S/C11H11NO4S/c1-7-12-8(6-17-7)4-16-11-5-15-9(3-13)2-10(11)14/h2,5-6,13H,3-4H2,1H3. The molecule has 0 aliphatic carbocycles. The Labute approximate surface area is 101 Å². The zero-order valence-corrected chi connectivity index (χ0v) is 9.99. The summed E-state index contributed by atoms with van der Waals surface area (Å²) >= 11 is 1.52. The van der Waals surface area contributed by atoms with Crippen LogP contribution < -0.4 is 10.2 Å². The van der Waals surface area contributed by atoms with Crippen LogP contribution in [0.5, 0.6) is 5.75 Å². The number of aliphatic hydroxyl groups is 1. The number of ether oxygens (including phenoxy) is 1. The molecule has 90 valence electrons. The summed E-state index contributed by atoms with van der Waals surface area (Å²) < 4.78 is 10.3. The largest absolute Gasteiger partial charge is 0.480 e. The highest BCUT2D eigenvalue weighted by atomic mass is 32.1. The van der Waals surface area contributed by atoms with Gasteiger partial charge in [-0.05, 0) is 6.92 Å². The molecule has 2 aromatic rings. The molecule has 0 aromatic carbocycles. The first-order chi connectivity index (χ1) is 8.19. The maximum absolute atomic E-state index is 11.5. The third-order valence-corrected chi connectivity index (χ3v) is 2.87. The first-order valence-corrected chi connectivity index (χ1v) is 5.83. The molecule has 0 saturated carbocycles. The second kappa shape index (κ2) is 5.11. The lowest BCUT2D eigenvalue weighted by atomic mass is 10.4. The zero-order valence-electron chi connectivity index (χ0n) is 9.17. The molecular formula is C11H11NO4S. The summed E-state index contributed by atoms with van der Waals surface area (Å²) in [5, 5.41) is 11.6. The fourth-order valence-corrected chi connectivity index (χ4v) is 1.85. The Kier molecular flexibility index (Phi) is 3.55. The lowest BCUT2D eigenvalue weighted by Gasteiger charge is -2.03. The fourth-order valence-electron chi connectivity index (χ4n) is 1.25. The van der Waals surface area contributed by atoms with Gasteiger partial charge in [0.15, 0.2) is 0 Å². The smallest absolute Gasteiger partial charge is 0.227 e. The van der Waals surface area contributed by atoms with Crippen LogP contribution in [-0.2, 0) is 13.2 Å². The Bertz CT molecular complexity index is 561. The van der Waals surface area contributed by atoms with Crippen molar-refractivity contribution in [1.29, 1.82) is 0 Å². The van der Waals surface area contributed by atoms with Crippen LogP contribution in [0.15, 0.2) is 26.9 Å². The summed E-state index contributed by atoms with van der Waals surface area (Å²) in [6.45, 7) is 1.83. The van der Waals surface area contributed by atoms with Crippen LogP contribution in [-0.4, -0.2) is 10.1 Å². The third kappa shape index (κ3) is 2.92. The molecule has 0 radical (unpaired) electrons. The molecule has 6 heteroatoms. The van der Waals surface area contributed by atoms with Crippen LogP contribution in [0.3, 0.4) is 0 Å². The molecule has 17 heavy (non-hydrogen) atoms. The number of hydrogen-bond donors (Lipinski definition) is 1. The predicted molar refractivity (Wildman–Crippen MR) is 62.1 cm³/mol. The van der Waals surface area contributed by atoms with Gasteiger partial charge in [0.2, 0.25) is 11.2 Å². The van der Waals surface area contributed by atoms with Gasteiger partial charge >= 0.3 is 0 Å². The Balaban J connectivity index is 2.06. The molecule has 1 N–H and O–H groups in total. The fraction of sp³-hybridized carbons (Fsp3) is 0.273. The van der Waals surface area contributed by atoms with Gasteiger partial charge in [0.1, 0.15) is 25.2 Å². The van der Waals surface area contributed by atoms with Crippen molar-refractivity contribution in [3.63, 3.8) is 0 Å². The number of nitrogens with zero attached hydrogens (tertiary/aromatic N) is 1. The van der Waals surface area contributed by atoms with Gasteiger partial charge in [-0.15, -0.1) is 11.3 Å². The minimum atomic E-state index is -0.313. The first kappa shape index (κ1) is 11.8. The van der Waals surface area contributed by atoms with Crippen molar-refractivity contribution in [3.05, 3.63) is 44.4 Å². The molecule has 0 amide bonds. The summed E-state index contributed by atoms with van der Waals surface area (Å²) in [5.41, 5.74) is 0.463. The van der Waals surface area contributed by atoms with Crippen molar-refractivity contribution in [2.45, 2.75) is 20.1 Å². The number of rotatable bonds is 4. The maximum atomic E-state index is 11.5. The van der Waals surface area contributed by atoms with Gasteiger partial charge in [-0.2, -0.15) is 0 Å². The highest BCUT2D eigenvalue weighted by molar-refractivity contribution is 7.09. The van der Waals surface area contributed by atoms with Crippen molar-refractivity contribution in [1.82, 2.24) is 4.98 Å². The molecule has 2 rings (SSSR count). The van der Waals surface area contributed by atoms with Crippen LogP contribution >= 0.6 is 11.3 Å². The monoisotopic (exact) mass is 253 g/mol. The van der Waals surface area contributed by atoms with Crippen LogP contribution in [0, 0.1) is 6.92 Å². The van der Waals surface area contributed by atoms with Gasteiger partial charge < -0.3 is 14.3 Å². The predicted octanol–water partition coefficient (Wildman–Crippen LogP) is 1.48. The maximum Gasteiger partial charge on any atom is 0.227 e. The van der Waals surface area contributed by atoms with Crippen LogP contribution in [0.4, 0.5) is 0 Å². The summed E-state index contributed by atoms with van der Waals surface area (Å²) in [6, 6.07) is 1.21. The van der Waals surface area contributed by atoms with Gasteiger partial charge in [0.25, 0.3) is 0 Å². The molecule has 0 unspecified atom stereocenters. The van der Waals surface area contributed by atoms with Gasteiger partial charge in [-0.25, -0.2) is 4.98 Å². The molecule has 0 aliphatic rings. The van der Waals surface area contributed by atoms with Gasteiger partial charge in [0, 0.05) is 11.4 Å². The van der Waals surface area contributed by atoms with Gasteiger partial charge in [-0.3, -0.25) is 4.79 Å². The number of aryl methyl sites for hydroxylation is 1. The normalized spacial score (nSPS) is 10.5. The van der Waals surface area contributed by atoms with E-state index in [2.05, 4.69) is 4.98 Å². The Morgan fingerprint density at radius 2 is 2.41 bits per heavy atom. The molecule has 0 atom stereocenters. The van der Waals surface area contributed by atoms with E-state index < -0.39 is 0 Å². The van der Waals surface area contributed by atoms with Crippen molar-refractivity contribution in [2.75, 3.05) is 0 Å². The van der Waals surface area contributed by atoms with E-state index in [-0.39, 0.29) is 30.2 Å². The number of aliphatic hydroxyl groups excluding tert-OH is 1. The molecule has 0 bridgehead atoms. The number of hydrogen-bond acceptors (Lipinski definition) is 6. The van der Waals surface area contributed by atoms with Crippen LogP contribution in [0.1, 0.15) is 16.5 Å². The van der Waals surface area contributed by atoms with E-state index >= 15 is 0 Å². The van der Waals surface area contributed by atoms with Gasteiger partial charge in [-0.1, -0.05) is 0 Å². The highest BCUT2D eigenvalue weighted by Gasteiger charge is 2.05. The third-order valence-electron chi connectivity index (χ3n) is 2.05. The van der Waals surface area contributed by atoms with E-state index in [9.17, 15) is 4.79 Å². The minimum Gasteiger partial charge on any atom is -0.480 e. The summed E-state index contributed by atoms with van der Waals surface area (Å²) in [5.74, 6) is 0.333. The van der Waals surface area contributed by atoms with E-state index in [1.54, 1.807) is 0 Å². The summed E-state index contributed by atoms with van der Waals surface area (Å²) in [4.78, 5) is 15.7. The summed E-state index contributed by atoms with van der Waals surface area (Å²) in [7, 11) is 0. The molecule has 2 aromatic heterocycles. The van der Waals surface area contributed by atoms with E-state index in [0.29, 0.717) is 0 Å². The van der Waals surface area contributed by atoms with E-state index in [4.69, 9.17) is 14.3 Å². The second-order valence-corrected chi connectivity index (χ2v) is 4.44. The molecule has 0 saturated heterocycles. The van der Waals surface area contributed by atoms with Crippen molar-refractivity contribution < 1.29 is 14.3 Å². The van der Waals surface area contributed by atoms with Crippen LogP contribution in [0.25, 0.3) is 0 Å². The van der Waals surface area contributed by atoms with Crippen molar-refractivity contribution in [3.8, 4) is 5.75 Å². The minimum absolute atomic E-state index is 0.118. The van der Waals surface area contributed by atoms with E-state index in [1.165, 1.54) is 23.7 Å². The molecule has 2 heterocycles. The molecule has 0 aliphatic heterocycles. The quantitative estimate of drug-likeness (QED) is 0.893. The SMILES string of the molecule is Cc1nc(COc2coc(CO)cc2=O)cs1. The Morgan fingerprint density at radius 3 is 3.00 bits per heavy atom. The van der Waals surface area contributed by atoms with Gasteiger partial charge in [0.05, 0.1) is 10.7 Å². The second-order valence-electron chi connectivity index (χ2n) is 3.38. The van der Waals surface area contributed by atoms with E-state index in [1.807, 2.05) is 12.3 Å². The van der Waals surface area contributed by atoms with Crippen molar-refractivity contribution in [2.24, 2.45) is 0 Å². The highest BCUT2D eigenvalue weighted by Crippen LogP contribution is 2.11. The van der Waals surface area contributed by atoms with E-state index in [0.717, 1.165) is 10.7 Å². The van der Waals surface area contributed by atoms with Crippen LogP contribution in [0.2, 0.25) is 0 Å². The average Bonchev–Trinajstić information content (AvgIpc) is 2.73. The summed E-state index contributed by atoms with van der Waals surface area (Å²) in [6.07, 6.45) is 1.20. The first-order valence-electron chi connectivity index (χ1n) is 4.95. The molecular weight excluding hydrogens is 242 g/mol. The topological polar surface area (TPSA) is 72.6 Å². The van der Waals surface area contributed by atoms with Crippen molar-refractivity contribution >= 4 is 11.3 Å². The lowest BCUT2D eigenvalue weighted by molar-refractivity contribution is 0.235. The lowest BCUT2D eigenvalue weighted by Crippen LogP contribution is -2.08. The molecule has 5 nitrogen and oxygen atoms in total. The molecule has 0 fully saturated rings. The molecule has 0 spiro atoms. The average molecular weight is 253 g/mol. The number of aromatic nitrogens is 1. The zero-order chi connectivity index (χ0) is 12.3. The Morgan fingerprint density at radius 1 is 1.59 bits per heavy atom. The number of thiazole rings is 1.